The van der Waals surface area contributed by atoms with Crippen molar-refractivity contribution in [3.63, 3.8) is 0 Å². The molecule has 39 heavy (non-hydrogen) atoms. The van der Waals surface area contributed by atoms with Crippen LogP contribution in [-0.4, -0.2) is 56.9 Å². The summed E-state index contributed by atoms with van der Waals surface area (Å²) in [5, 5.41) is 10.4. The van der Waals surface area contributed by atoms with Gasteiger partial charge in [-0.3, -0.25) is 4.99 Å². The van der Waals surface area contributed by atoms with Crippen LogP contribution in [0.5, 0.6) is 0 Å². The Labute approximate surface area is 239 Å². The van der Waals surface area contributed by atoms with Gasteiger partial charge < -0.3 is 25.2 Å². The Morgan fingerprint density at radius 3 is 2.44 bits per heavy atom. The van der Waals surface area contributed by atoms with Gasteiger partial charge in [0.2, 0.25) is 0 Å². The number of thiocarbonyl (C=S) groups is 1. The number of rotatable bonds is 4. The normalized spacial score (nSPS) is 17.3. The number of ether oxygens (including phenoxy) is 1. The van der Waals surface area contributed by atoms with E-state index in [0.29, 0.717) is 16.7 Å². The smallest absolute Gasteiger partial charge is 0.172 e. The van der Waals surface area contributed by atoms with Crippen LogP contribution in [0, 0.1) is 0 Å². The van der Waals surface area contributed by atoms with Gasteiger partial charge in [-0.25, -0.2) is 0 Å². The number of aliphatic imine (C=N–C) groups is 1. The van der Waals surface area contributed by atoms with Crippen LogP contribution in [0.4, 0.5) is 17.1 Å². The van der Waals surface area contributed by atoms with Gasteiger partial charge in [-0.1, -0.05) is 66.2 Å². The third kappa shape index (κ3) is 5.43. The molecule has 0 bridgehead atoms. The van der Waals surface area contributed by atoms with Crippen molar-refractivity contribution in [1.82, 2.24) is 5.32 Å². The number of hydrogen-bond donors (Lipinski definition) is 2. The van der Waals surface area contributed by atoms with Crippen LogP contribution in [0.1, 0.15) is 11.1 Å². The van der Waals surface area contributed by atoms with Crippen molar-refractivity contribution in [1.29, 1.82) is 0 Å². The van der Waals surface area contributed by atoms with Crippen LogP contribution in [0.2, 0.25) is 5.02 Å². The minimum absolute atomic E-state index is 0.268. The van der Waals surface area contributed by atoms with Gasteiger partial charge in [0.1, 0.15) is 6.17 Å². The van der Waals surface area contributed by atoms with Crippen molar-refractivity contribution in [2.24, 2.45) is 4.99 Å². The third-order valence-corrected chi connectivity index (χ3v) is 7.66. The van der Waals surface area contributed by atoms with Crippen molar-refractivity contribution >= 4 is 62.5 Å². The Kier molecular flexibility index (Phi) is 7.37. The molecule has 2 aliphatic rings. The molecule has 0 amide bonds. The molecule has 1 saturated heterocycles. The number of morpholine rings is 1. The molecule has 6 nitrogen and oxygen atoms in total. The van der Waals surface area contributed by atoms with Gasteiger partial charge in [-0.2, -0.15) is 0 Å². The van der Waals surface area contributed by atoms with E-state index in [9.17, 15) is 0 Å². The average molecular weight is 556 g/mol. The molecular formula is C31H30ClN5OS. The van der Waals surface area contributed by atoms with Gasteiger partial charge in [0.05, 0.1) is 25.5 Å². The molecule has 4 aromatic carbocycles. The number of nitrogens with zero attached hydrogens (tertiary/aromatic N) is 3. The largest absolute Gasteiger partial charge is 0.378 e. The molecule has 0 radical (unpaired) electrons. The van der Waals surface area contributed by atoms with E-state index in [1.165, 1.54) is 11.1 Å². The summed E-state index contributed by atoms with van der Waals surface area (Å²) in [5.41, 5.74) is 6.19. The summed E-state index contributed by atoms with van der Waals surface area (Å²) in [6.45, 7) is 3.92. The Hall–Kier alpha value is -3.65. The molecule has 0 spiro atoms. The molecule has 0 aliphatic carbocycles. The van der Waals surface area contributed by atoms with E-state index in [2.05, 4.69) is 82.1 Å². The van der Waals surface area contributed by atoms with Gasteiger partial charge in [-0.15, -0.1) is 0 Å². The Morgan fingerprint density at radius 2 is 1.64 bits per heavy atom. The highest BCUT2D eigenvalue weighted by molar-refractivity contribution is 7.80. The van der Waals surface area contributed by atoms with Crippen LogP contribution >= 0.6 is 23.8 Å². The molecule has 2 N–H and O–H groups in total. The van der Waals surface area contributed by atoms with Crippen LogP contribution in [0.25, 0.3) is 10.8 Å². The zero-order chi connectivity index (χ0) is 26.8. The zero-order valence-corrected chi connectivity index (χ0v) is 23.3. The summed E-state index contributed by atoms with van der Waals surface area (Å²) in [6, 6.07) is 28.9. The fourth-order valence-electron chi connectivity index (χ4n) is 5.34. The van der Waals surface area contributed by atoms with Crippen molar-refractivity contribution in [2.45, 2.75) is 6.17 Å². The maximum Gasteiger partial charge on any atom is 0.172 e. The average Bonchev–Trinajstić information content (AvgIpc) is 3.09. The number of fused-ring (bicyclic) bond motifs is 2. The maximum atomic E-state index is 6.42. The summed E-state index contributed by atoms with van der Waals surface area (Å²) in [6.07, 6.45) is -0.268. The molecule has 6 rings (SSSR count). The number of benzene rings is 4. The molecule has 2 heterocycles. The molecule has 0 aromatic heterocycles. The highest BCUT2D eigenvalue weighted by atomic mass is 35.5. The van der Waals surface area contributed by atoms with Crippen molar-refractivity contribution in [2.75, 3.05) is 55.0 Å². The second-order valence-corrected chi connectivity index (χ2v) is 10.6. The molecular weight excluding hydrogens is 526 g/mol. The molecule has 0 saturated carbocycles. The minimum atomic E-state index is -0.268. The lowest BCUT2D eigenvalue weighted by Crippen LogP contribution is -2.43. The SMILES string of the molecule is CN1CC(NC(=S)Nc2ccc(N3CCOCC3)c3ccccc23)N=C(c2ccccc2)c2cc(Cl)ccc21. The molecule has 1 unspecified atom stereocenters. The van der Waals surface area contributed by atoms with Crippen LogP contribution in [0.3, 0.4) is 0 Å². The van der Waals surface area contributed by atoms with E-state index in [4.69, 9.17) is 33.5 Å². The van der Waals surface area contributed by atoms with E-state index in [0.717, 1.165) is 59.9 Å². The van der Waals surface area contributed by atoms with Gasteiger partial charge >= 0.3 is 0 Å². The number of nitrogens with one attached hydrogen (secondary N) is 2. The first-order chi connectivity index (χ1) is 19.1. The van der Waals surface area contributed by atoms with Crippen molar-refractivity contribution in [3.8, 4) is 0 Å². The Morgan fingerprint density at radius 1 is 0.923 bits per heavy atom. The van der Waals surface area contributed by atoms with Gasteiger partial charge in [-0.05, 0) is 42.5 Å². The number of hydrogen-bond acceptors (Lipinski definition) is 5. The van der Waals surface area contributed by atoms with Crippen molar-refractivity contribution < 1.29 is 4.74 Å². The third-order valence-electron chi connectivity index (χ3n) is 7.20. The topological polar surface area (TPSA) is 52.1 Å². The lowest BCUT2D eigenvalue weighted by atomic mass is 10.0. The standard InChI is InChI=1S/C31H30ClN5OS/c1-36-20-29(34-30(21-7-3-2-4-8-21)25-19-22(32)11-13-27(25)36)35-31(39)33-26-12-14-28(37-15-17-38-18-16-37)24-10-6-5-9-23(24)26/h2-14,19,29H,15-18,20H2,1H3,(H2,33,35,39). The van der Waals surface area contributed by atoms with E-state index in [1.54, 1.807) is 0 Å². The first-order valence-corrected chi connectivity index (χ1v) is 13.9. The molecule has 1 fully saturated rings. The number of halogens is 1. The summed E-state index contributed by atoms with van der Waals surface area (Å²) < 4.78 is 5.56. The fourth-order valence-corrected chi connectivity index (χ4v) is 5.76. The second-order valence-electron chi connectivity index (χ2n) is 9.78. The summed E-state index contributed by atoms with van der Waals surface area (Å²) in [7, 11) is 2.07. The molecule has 2 aliphatic heterocycles. The van der Waals surface area contributed by atoms with E-state index in [1.807, 2.05) is 30.3 Å². The van der Waals surface area contributed by atoms with Gasteiger partial charge in [0, 0.05) is 64.1 Å². The maximum absolute atomic E-state index is 6.42. The minimum Gasteiger partial charge on any atom is -0.378 e. The predicted molar refractivity (Wildman–Crippen MR) is 167 cm³/mol. The van der Waals surface area contributed by atoms with Crippen LogP contribution in [0.15, 0.2) is 89.9 Å². The van der Waals surface area contributed by atoms with Gasteiger partial charge in [0.15, 0.2) is 5.11 Å². The van der Waals surface area contributed by atoms with E-state index in [-0.39, 0.29) is 6.17 Å². The summed E-state index contributed by atoms with van der Waals surface area (Å²) in [5.74, 6) is 0. The molecule has 8 heteroatoms. The summed E-state index contributed by atoms with van der Waals surface area (Å²) >= 11 is 12.2. The van der Waals surface area contributed by atoms with Crippen LogP contribution in [-0.2, 0) is 4.74 Å². The first kappa shape index (κ1) is 25.6. The lowest BCUT2D eigenvalue weighted by Gasteiger charge is -2.30. The predicted octanol–water partition coefficient (Wildman–Crippen LogP) is 5.93. The summed E-state index contributed by atoms with van der Waals surface area (Å²) in [4.78, 5) is 9.74. The lowest BCUT2D eigenvalue weighted by molar-refractivity contribution is 0.123. The highest BCUT2D eigenvalue weighted by Gasteiger charge is 2.24. The zero-order valence-electron chi connectivity index (χ0n) is 21.7. The number of likely N-dealkylation sites (N-methyl/N-ethyl adjacent to an activating group) is 1. The Balaban J connectivity index is 1.28. The molecule has 1 atom stereocenters. The fraction of sp³-hybridized carbons (Fsp3) is 0.226. The molecule has 198 valence electrons. The molecule has 4 aromatic rings. The van der Waals surface area contributed by atoms with Crippen LogP contribution < -0.4 is 20.4 Å². The number of benzodiazepines with no additional fused rings is 1. The van der Waals surface area contributed by atoms with E-state index >= 15 is 0 Å². The van der Waals surface area contributed by atoms with E-state index < -0.39 is 0 Å². The monoisotopic (exact) mass is 555 g/mol. The Bertz CT molecular complexity index is 1540. The van der Waals surface area contributed by atoms with Crippen molar-refractivity contribution in [3.05, 3.63) is 101 Å². The number of anilines is 3. The highest BCUT2D eigenvalue weighted by Crippen LogP contribution is 2.33. The first-order valence-electron chi connectivity index (χ1n) is 13.1. The quantitative estimate of drug-likeness (QED) is 0.304. The second kappa shape index (κ2) is 11.2. The van der Waals surface area contributed by atoms with Gasteiger partial charge in [0.25, 0.3) is 0 Å².